The molecule has 122 valence electrons. The van der Waals surface area contributed by atoms with Crippen LogP contribution >= 0.6 is 11.6 Å². The Morgan fingerprint density at radius 3 is 2.58 bits per heavy atom. The maximum Gasteiger partial charge on any atom is 0.265 e. The van der Waals surface area contributed by atoms with E-state index in [1.807, 2.05) is 55.5 Å². The Morgan fingerprint density at radius 1 is 1.04 bits per heavy atom. The van der Waals surface area contributed by atoms with Gasteiger partial charge in [-0.15, -0.1) is 0 Å². The van der Waals surface area contributed by atoms with Crippen LogP contribution in [0.2, 0.25) is 5.02 Å². The van der Waals surface area contributed by atoms with Gasteiger partial charge in [-0.1, -0.05) is 48.0 Å². The molecule has 0 aromatic heterocycles. The summed E-state index contributed by atoms with van der Waals surface area (Å²) >= 11 is 5.98. The number of nitrogens with one attached hydrogen (secondary N) is 1. The fourth-order valence-electron chi connectivity index (χ4n) is 2.46. The Morgan fingerprint density at radius 2 is 1.79 bits per heavy atom. The number of hydrogen-bond acceptors (Lipinski definition) is 2. The van der Waals surface area contributed by atoms with Gasteiger partial charge in [-0.25, -0.2) is 0 Å². The molecule has 0 saturated carbocycles. The number of ether oxygens (including phenoxy) is 1. The summed E-state index contributed by atoms with van der Waals surface area (Å²) in [5, 5.41) is 5.66. The lowest BCUT2D eigenvalue weighted by molar-refractivity contribution is -0.122. The summed E-state index contributed by atoms with van der Waals surface area (Å²) in [7, 11) is 0. The Balaban J connectivity index is 1.72. The number of aryl methyl sites for hydroxylation is 1. The highest BCUT2D eigenvalue weighted by atomic mass is 35.5. The molecule has 0 fully saturated rings. The molecule has 0 aliphatic heterocycles. The Hall–Kier alpha value is -2.52. The molecule has 24 heavy (non-hydrogen) atoms. The third kappa shape index (κ3) is 3.69. The molecule has 1 atom stereocenters. The van der Waals surface area contributed by atoms with E-state index in [1.54, 1.807) is 19.1 Å². The van der Waals surface area contributed by atoms with Crippen molar-refractivity contribution in [2.75, 3.05) is 5.32 Å². The predicted molar refractivity (Wildman–Crippen MR) is 98.9 cm³/mol. The van der Waals surface area contributed by atoms with Gasteiger partial charge >= 0.3 is 0 Å². The first-order chi connectivity index (χ1) is 11.5. The van der Waals surface area contributed by atoms with Crippen LogP contribution in [0.25, 0.3) is 10.8 Å². The number of benzene rings is 3. The Bertz CT molecular complexity index is 892. The number of carbonyl (C=O) groups is 1. The van der Waals surface area contributed by atoms with Gasteiger partial charge in [0.2, 0.25) is 0 Å². The molecule has 0 bridgehead atoms. The molecule has 3 nitrogen and oxygen atoms in total. The normalized spacial score (nSPS) is 12.0. The minimum Gasteiger partial charge on any atom is -0.481 e. The average Bonchev–Trinajstić information content (AvgIpc) is 2.58. The van der Waals surface area contributed by atoms with E-state index in [0.29, 0.717) is 16.5 Å². The second-order valence-corrected chi connectivity index (χ2v) is 6.15. The van der Waals surface area contributed by atoms with E-state index < -0.39 is 6.10 Å². The number of halogens is 1. The van der Waals surface area contributed by atoms with E-state index in [-0.39, 0.29) is 5.91 Å². The summed E-state index contributed by atoms with van der Waals surface area (Å²) in [6.45, 7) is 3.64. The van der Waals surface area contributed by atoms with E-state index in [2.05, 4.69) is 5.32 Å². The molecule has 0 saturated heterocycles. The van der Waals surface area contributed by atoms with Crippen LogP contribution in [-0.4, -0.2) is 12.0 Å². The van der Waals surface area contributed by atoms with E-state index in [4.69, 9.17) is 16.3 Å². The highest BCUT2D eigenvalue weighted by molar-refractivity contribution is 6.31. The van der Waals surface area contributed by atoms with Crippen molar-refractivity contribution in [2.24, 2.45) is 0 Å². The summed E-state index contributed by atoms with van der Waals surface area (Å²) in [6.07, 6.45) is -0.621. The molecule has 3 rings (SSSR count). The van der Waals surface area contributed by atoms with Crippen molar-refractivity contribution in [1.82, 2.24) is 0 Å². The SMILES string of the molecule is Cc1ccc(Cl)cc1NC(=O)[C@H](C)Oc1ccc2ccccc2c1. The van der Waals surface area contributed by atoms with Crippen LogP contribution in [0.4, 0.5) is 5.69 Å². The second kappa shape index (κ2) is 6.93. The Kier molecular flexibility index (Phi) is 4.72. The zero-order chi connectivity index (χ0) is 17.1. The van der Waals surface area contributed by atoms with Crippen molar-refractivity contribution in [2.45, 2.75) is 20.0 Å². The molecule has 4 heteroatoms. The van der Waals surface area contributed by atoms with Gasteiger partial charge < -0.3 is 10.1 Å². The highest BCUT2D eigenvalue weighted by Gasteiger charge is 2.16. The van der Waals surface area contributed by atoms with E-state index in [1.165, 1.54) is 0 Å². The quantitative estimate of drug-likeness (QED) is 0.708. The number of carbonyl (C=O) groups excluding carboxylic acids is 1. The summed E-state index contributed by atoms with van der Waals surface area (Å²) in [5.74, 6) is 0.452. The fourth-order valence-corrected chi connectivity index (χ4v) is 2.63. The lowest BCUT2D eigenvalue weighted by Gasteiger charge is -2.16. The third-order valence-corrected chi connectivity index (χ3v) is 4.10. The largest absolute Gasteiger partial charge is 0.481 e. The number of rotatable bonds is 4. The molecule has 0 unspecified atom stereocenters. The lowest BCUT2D eigenvalue weighted by Crippen LogP contribution is -2.30. The minimum atomic E-state index is -0.621. The van der Waals surface area contributed by atoms with Gasteiger partial charge in [-0.3, -0.25) is 4.79 Å². The van der Waals surface area contributed by atoms with Crippen molar-refractivity contribution in [1.29, 1.82) is 0 Å². The molecule has 0 radical (unpaired) electrons. The van der Waals surface area contributed by atoms with Gasteiger partial charge in [0.25, 0.3) is 5.91 Å². The van der Waals surface area contributed by atoms with Crippen LogP contribution in [0.5, 0.6) is 5.75 Å². The maximum atomic E-state index is 12.4. The average molecular weight is 340 g/mol. The van der Waals surface area contributed by atoms with E-state index in [9.17, 15) is 4.79 Å². The molecule has 3 aromatic rings. The standard InChI is InChI=1S/C20H18ClNO2/c1-13-7-9-17(21)12-19(13)22-20(23)14(2)24-18-10-8-15-5-3-4-6-16(15)11-18/h3-12,14H,1-2H3,(H,22,23)/t14-/m0/s1. The smallest absolute Gasteiger partial charge is 0.265 e. The first-order valence-electron chi connectivity index (χ1n) is 7.75. The van der Waals surface area contributed by atoms with Crippen LogP contribution in [-0.2, 0) is 4.79 Å². The molecule has 1 N–H and O–H groups in total. The molecular formula is C20H18ClNO2. The number of amides is 1. The first kappa shape index (κ1) is 16.3. The van der Waals surface area contributed by atoms with Crippen LogP contribution in [0.1, 0.15) is 12.5 Å². The molecule has 0 spiro atoms. The zero-order valence-corrected chi connectivity index (χ0v) is 14.3. The molecule has 0 heterocycles. The summed E-state index contributed by atoms with van der Waals surface area (Å²) < 4.78 is 5.78. The maximum absolute atomic E-state index is 12.4. The topological polar surface area (TPSA) is 38.3 Å². The number of hydrogen-bond donors (Lipinski definition) is 1. The zero-order valence-electron chi connectivity index (χ0n) is 13.5. The van der Waals surface area contributed by atoms with E-state index in [0.717, 1.165) is 16.3 Å². The fraction of sp³-hybridized carbons (Fsp3) is 0.150. The summed E-state index contributed by atoms with van der Waals surface area (Å²) in [6, 6.07) is 19.2. The molecular weight excluding hydrogens is 322 g/mol. The summed E-state index contributed by atoms with van der Waals surface area (Å²) in [5.41, 5.74) is 1.65. The van der Waals surface area contributed by atoms with Gasteiger partial charge in [0.05, 0.1) is 0 Å². The molecule has 0 aliphatic rings. The van der Waals surface area contributed by atoms with Gasteiger partial charge in [0.1, 0.15) is 5.75 Å². The molecule has 3 aromatic carbocycles. The van der Waals surface area contributed by atoms with Crippen molar-refractivity contribution < 1.29 is 9.53 Å². The number of anilines is 1. The predicted octanol–water partition coefficient (Wildman–Crippen LogP) is 5.21. The van der Waals surface area contributed by atoms with Crippen LogP contribution in [0.3, 0.4) is 0 Å². The van der Waals surface area contributed by atoms with Gasteiger partial charge in [-0.2, -0.15) is 0 Å². The third-order valence-electron chi connectivity index (χ3n) is 3.86. The van der Waals surface area contributed by atoms with Crippen molar-refractivity contribution in [3.05, 3.63) is 71.2 Å². The van der Waals surface area contributed by atoms with Gasteiger partial charge in [0.15, 0.2) is 6.10 Å². The minimum absolute atomic E-state index is 0.214. The van der Waals surface area contributed by atoms with Crippen molar-refractivity contribution in [3.8, 4) is 5.75 Å². The van der Waals surface area contributed by atoms with Crippen LogP contribution < -0.4 is 10.1 Å². The second-order valence-electron chi connectivity index (χ2n) is 5.72. The Labute approximate surface area is 146 Å². The van der Waals surface area contributed by atoms with Crippen molar-refractivity contribution in [3.63, 3.8) is 0 Å². The molecule has 0 aliphatic carbocycles. The molecule has 1 amide bonds. The first-order valence-corrected chi connectivity index (χ1v) is 8.13. The van der Waals surface area contributed by atoms with Gasteiger partial charge in [-0.05, 0) is 54.4 Å². The van der Waals surface area contributed by atoms with Gasteiger partial charge in [0, 0.05) is 10.7 Å². The highest BCUT2D eigenvalue weighted by Crippen LogP contribution is 2.23. The summed E-state index contributed by atoms with van der Waals surface area (Å²) in [4.78, 5) is 12.4. The van der Waals surface area contributed by atoms with Crippen LogP contribution in [0.15, 0.2) is 60.7 Å². The number of fused-ring (bicyclic) bond motifs is 1. The monoisotopic (exact) mass is 339 g/mol. The van der Waals surface area contributed by atoms with E-state index >= 15 is 0 Å². The van der Waals surface area contributed by atoms with Crippen LogP contribution in [0, 0.1) is 6.92 Å². The lowest BCUT2D eigenvalue weighted by atomic mass is 10.1. The van der Waals surface area contributed by atoms with Crippen molar-refractivity contribution >= 4 is 34.0 Å².